The summed E-state index contributed by atoms with van der Waals surface area (Å²) in [5.74, 6) is -1.34. The van der Waals surface area contributed by atoms with Crippen molar-refractivity contribution in [2.45, 2.75) is 0 Å². The summed E-state index contributed by atoms with van der Waals surface area (Å²) in [6, 6.07) is 5.97. The van der Waals surface area contributed by atoms with Gasteiger partial charge in [0.1, 0.15) is 0 Å². The molecule has 15 heavy (non-hydrogen) atoms. The van der Waals surface area contributed by atoms with Crippen molar-refractivity contribution in [3.63, 3.8) is 0 Å². The molecule has 6 heteroatoms. The zero-order valence-electron chi connectivity index (χ0n) is 7.54. The predicted molar refractivity (Wildman–Crippen MR) is 50.5 cm³/mol. The summed E-state index contributed by atoms with van der Waals surface area (Å²) in [4.78, 5) is 19.9. The molecule has 0 radical (unpaired) electrons. The lowest BCUT2D eigenvalue weighted by molar-refractivity contribution is -0.402. The highest BCUT2D eigenvalue weighted by Crippen LogP contribution is 2.13. The van der Waals surface area contributed by atoms with E-state index in [1.807, 2.05) is 0 Å². The highest BCUT2D eigenvalue weighted by atomic mass is 16.6. The van der Waals surface area contributed by atoms with Crippen molar-refractivity contribution in [2.24, 2.45) is 0 Å². The van der Waals surface area contributed by atoms with Crippen LogP contribution in [0.2, 0.25) is 0 Å². The second-order valence-electron chi connectivity index (χ2n) is 2.58. The molecule has 0 saturated carbocycles. The molecule has 0 heterocycles. The zero-order valence-corrected chi connectivity index (χ0v) is 7.54. The lowest BCUT2D eigenvalue weighted by Crippen LogP contribution is -2.23. The van der Waals surface area contributed by atoms with Gasteiger partial charge >= 0.3 is 0 Å². The number of carboxylic acid groups (broad SMARTS) is 1. The van der Waals surface area contributed by atoms with Crippen LogP contribution in [-0.4, -0.2) is 10.9 Å². The molecule has 1 aromatic rings. The summed E-state index contributed by atoms with van der Waals surface area (Å²) in [5.41, 5.74) is 0.195. The molecule has 0 bridgehead atoms. The Morgan fingerprint density at radius 2 is 2.07 bits per heavy atom. The molecule has 0 atom stereocenters. The van der Waals surface area contributed by atoms with Crippen LogP contribution in [0.5, 0.6) is 0 Å². The van der Waals surface area contributed by atoms with Gasteiger partial charge in [-0.3, -0.25) is 10.1 Å². The number of carboxylic acids is 1. The van der Waals surface area contributed by atoms with Crippen LogP contribution in [0.4, 0.5) is 5.69 Å². The smallest absolute Gasteiger partial charge is 0.250 e. The first-order valence-corrected chi connectivity index (χ1v) is 3.98. The van der Waals surface area contributed by atoms with E-state index in [2.05, 4.69) is 5.32 Å². The van der Waals surface area contributed by atoms with E-state index in [9.17, 15) is 20.0 Å². The predicted octanol–water partition coefficient (Wildman–Crippen LogP) is 0.210. The molecule has 0 aliphatic carbocycles. The number of nitro groups is 1. The minimum atomic E-state index is -1.34. The average Bonchev–Trinajstić information content (AvgIpc) is 2.17. The van der Waals surface area contributed by atoms with E-state index in [1.54, 1.807) is 6.07 Å². The van der Waals surface area contributed by atoms with E-state index < -0.39 is 10.9 Å². The fourth-order valence-electron chi connectivity index (χ4n) is 0.975. The standard InChI is InChI=1S/C9H8N2O4/c12-9(13)7-3-1-2-4-8(7)10-5-6-11(14)15/h1-6,10H,(H,12,13)/p-1/b6-5+. The fraction of sp³-hybridized carbons (Fsp3) is 0. The molecule has 78 valence electrons. The maximum atomic E-state index is 10.6. The summed E-state index contributed by atoms with van der Waals surface area (Å²) in [6.07, 6.45) is 1.72. The SMILES string of the molecule is O=C([O-])c1ccccc1N/C=C/[N+](=O)[O-]. The third-order valence-electron chi connectivity index (χ3n) is 1.58. The van der Waals surface area contributed by atoms with Gasteiger partial charge in [0, 0.05) is 11.3 Å². The maximum Gasteiger partial charge on any atom is 0.250 e. The second kappa shape index (κ2) is 4.75. The van der Waals surface area contributed by atoms with Crippen molar-refractivity contribution >= 4 is 11.7 Å². The van der Waals surface area contributed by atoms with Crippen LogP contribution >= 0.6 is 0 Å². The van der Waals surface area contributed by atoms with Gasteiger partial charge in [-0.15, -0.1) is 0 Å². The number of carbonyl (C=O) groups is 1. The van der Waals surface area contributed by atoms with Crippen LogP contribution in [0, 0.1) is 10.1 Å². The van der Waals surface area contributed by atoms with Crippen LogP contribution in [0.3, 0.4) is 0 Å². The molecule has 1 N–H and O–H groups in total. The molecule has 0 aromatic heterocycles. The third kappa shape index (κ3) is 3.11. The number of benzene rings is 1. The quantitative estimate of drug-likeness (QED) is 0.562. The summed E-state index contributed by atoms with van der Waals surface area (Å²) < 4.78 is 0. The Hall–Kier alpha value is -2.37. The molecule has 0 unspecified atom stereocenters. The number of para-hydroxylation sites is 1. The highest BCUT2D eigenvalue weighted by molar-refractivity contribution is 5.92. The van der Waals surface area contributed by atoms with E-state index in [0.717, 1.165) is 6.20 Å². The third-order valence-corrected chi connectivity index (χ3v) is 1.58. The normalized spacial score (nSPS) is 10.1. The van der Waals surface area contributed by atoms with Gasteiger partial charge in [0.2, 0.25) is 6.20 Å². The Kier molecular flexibility index (Phi) is 3.39. The van der Waals surface area contributed by atoms with Crippen molar-refractivity contribution < 1.29 is 14.8 Å². The van der Waals surface area contributed by atoms with Gasteiger partial charge in [0.05, 0.1) is 17.1 Å². The number of rotatable bonds is 4. The van der Waals surface area contributed by atoms with Gasteiger partial charge in [-0.1, -0.05) is 18.2 Å². The van der Waals surface area contributed by atoms with Crippen molar-refractivity contribution in [2.75, 3.05) is 5.32 Å². The van der Waals surface area contributed by atoms with E-state index in [0.29, 0.717) is 6.20 Å². The Morgan fingerprint density at radius 1 is 1.40 bits per heavy atom. The first kappa shape index (κ1) is 10.7. The largest absolute Gasteiger partial charge is 0.545 e. The molecular weight excluding hydrogens is 200 g/mol. The Balaban J connectivity index is 2.85. The molecule has 1 rings (SSSR count). The van der Waals surface area contributed by atoms with Gasteiger partial charge in [-0.2, -0.15) is 0 Å². The molecule has 6 nitrogen and oxygen atoms in total. The topological polar surface area (TPSA) is 95.3 Å². The number of nitrogens with zero attached hydrogens (tertiary/aromatic N) is 1. The molecule has 0 fully saturated rings. The first-order valence-electron chi connectivity index (χ1n) is 3.98. The van der Waals surface area contributed by atoms with E-state index in [4.69, 9.17) is 0 Å². The van der Waals surface area contributed by atoms with Gasteiger partial charge in [-0.25, -0.2) is 0 Å². The zero-order chi connectivity index (χ0) is 11.3. The number of hydrogen-bond donors (Lipinski definition) is 1. The Labute approximate surface area is 85.0 Å². The van der Waals surface area contributed by atoms with Crippen molar-refractivity contribution in [3.05, 3.63) is 52.3 Å². The number of aromatic carboxylic acids is 1. The van der Waals surface area contributed by atoms with Gasteiger partial charge < -0.3 is 15.2 Å². The Bertz CT molecular complexity index is 414. The lowest BCUT2D eigenvalue weighted by Gasteiger charge is -2.08. The van der Waals surface area contributed by atoms with Crippen LogP contribution in [-0.2, 0) is 0 Å². The molecule has 0 saturated heterocycles. The molecule has 0 aliphatic rings. The molecule has 1 aromatic carbocycles. The second-order valence-corrected chi connectivity index (χ2v) is 2.58. The molecule has 0 aliphatic heterocycles. The number of hydrogen-bond acceptors (Lipinski definition) is 5. The van der Waals surface area contributed by atoms with Crippen LogP contribution in [0.25, 0.3) is 0 Å². The van der Waals surface area contributed by atoms with E-state index >= 15 is 0 Å². The Morgan fingerprint density at radius 3 is 2.67 bits per heavy atom. The number of anilines is 1. The molecule has 0 spiro atoms. The minimum Gasteiger partial charge on any atom is -0.545 e. The number of nitrogens with one attached hydrogen (secondary N) is 1. The summed E-state index contributed by atoms with van der Waals surface area (Å²) in [6.45, 7) is 0. The lowest BCUT2D eigenvalue weighted by atomic mass is 10.2. The first-order chi connectivity index (χ1) is 7.11. The van der Waals surface area contributed by atoms with Crippen LogP contribution < -0.4 is 10.4 Å². The average molecular weight is 207 g/mol. The molecular formula is C9H7N2O4-. The monoisotopic (exact) mass is 207 g/mol. The van der Waals surface area contributed by atoms with Crippen molar-refractivity contribution in [1.82, 2.24) is 0 Å². The maximum absolute atomic E-state index is 10.6. The van der Waals surface area contributed by atoms with Crippen LogP contribution in [0.1, 0.15) is 10.4 Å². The van der Waals surface area contributed by atoms with E-state index in [-0.39, 0.29) is 11.3 Å². The minimum absolute atomic E-state index is 0.0505. The van der Waals surface area contributed by atoms with Crippen molar-refractivity contribution in [1.29, 1.82) is 0 Å². The van der Waals surface area contributed by atoms with Gasteiger partial charge in [0.25, 0.3) is 0 Å². The fourth-order valence-corrected chi connectivity index (χ4v) is 0.975. The summed E-state index contributed by atoms with van der Waals surface area (Å²) in [7, 11) is 0. The highest BCUT2D eigenvalue weighted by Gasteiger charge is 1.99. The van der Waals surface area contributed by atoms with Crippen molar-refractivity contribution in [3.8, 4) is 0 Å². The van der Waals surface area contributed by atoms with Crippen LogP contribution in [0.15, 0.2) is 36.7 Å². The van der Waals surface area contributed by atoms with E-state index in [1.165, 1.54) is 18.2 Å². The summed E-state index contributed by atoms with van der Waals surface area (Å²) >= 11 is 0. The number of carbonyl (C=O) groups excluding carboxylic acids is 1. The van der Waals surface area contributed by atoms with Gasteiger partial charge in [-0.05, 0) is 6.07 Å². The molecule has 0 amide bonds. The van der Waals surface area contributed by atoms with Gasteiger partial charge in [0.15, 0.2) is 0 Å². The summed E-state index contributed by atoms with van der Waals surface area (Å²) in [5, 5.41) is 23.1.